The SMILES string of the molecule is NCc1nnc(-c2ccc(-c3ccccc3)cc2)o1. The third kappa shape index (κ3) is 2.39. The summed E-state index contributed by atoms with van der Waals surface area (Å²) in [7, 11) is 0. The van der Waals surface area contributed by atoms with Crippen molar-refractivity contribution in [1.82, 2.24) is 10.2 Å². The Bertz CT molecular complexity index is 659. The first kappa shape index (κ1) is 11.6. The third-order valence-electron chi connectivity index (χ3n) is 2.88. The average molecular weight is 251 g/mol. The second-order valence-electron chi connectivity index (χ2n) is 4.15. The summed E-state index contributed by atoms with van der Waals surface area (Å²) in [4.78, 5) is 0. The predicted octanol–water partition coefficient (Wildman–Crippen LogP) is 2.86. The molecule has 0 spiro atoms. The van der Waals surface area contributed by atoms with Gasteiger partial charge in [0, 0.05) is 5.56 Å². The zero-order valence-corrected chi connectivity index (χ0v) is 10.3. The smallest absolute Gasteiger partial charge is 0.247 e. The summed E-state index contributed by atoms with van der Waals surface area (Å²) in [5.74, 6) is 0.946. The molecule has 4 nitrogen and oxygen atoms in total. The van der Waals surface area contributed by atoms with Crippen molar-refractivity contribution in [2.24, 2.45) is 5.73 Å². The molecule has 2 aromatic carbocycles. The lowest BCUT2D eigenvalue weighted by atomic mass is 10.0. The third-order valence-corrected chi connectivity index (χ3v) is 2.88. The minimum atomic E-state index is 0.259. The Morgan fingerprint density at radius 2 is 1.42 bits per heavy atom. The minimum absolute atomic E-state index is 0.259. The highest BCUT2D eigenvalue weighted by molar-refractivity contribution is 5.67. The quantitative estimate of drug-likeness (QED) is 0.777. The number of hydrogen-bond acceptors (Lipinski definition) is 4. The topological polar surface area (TPSA) is 64.9 Å². The van der Waals surface area contributed by atoms with E-state index in [0.717, 1.165) is 11.1 Å². The van der Waals surface area contributed by atoms with Gasteiger partial charge in [-0.05, 0) is 23.3 Å². The highest BCUT2D eigenvalue weighted by atomic mass is 16.4. The summed E-state index contributed by atoms with van der Waals surface area (Å²) in [5, 5.41) is 7.81. The fourth-order valence-corrected chi connectivity index (χ4v) is 1.89. The second kappa shape index (κ2) is 5.04. The Hall–Kier alpha value is -2.46. The number of nitrogens with two attached hydrogens (primary N) is 1. The van der Waals surface area contributed by atoms with Crippen LogP contribution in [0.3, 0.4) is 0 Å². The van der Waals surface area contributed by atoms with E-state index in [1.807, 2.05) is 42.5 Å². The lowest BCUT2D eigenvalue weighted by molar-refractivity contribution is 0.508. The molecule has 1 aromatic heterocycles. The van der Waals surface area contributed by atoms with Crippen molar-refractivity contribution in [3.05, 3.63) is 60.5 Å². The van der Waals surface area contributed by atoms with Crippen LogP contribution in [0.25, 0.3) is 22.6 Å². The fraction of sp³-hybridized carbons (Fsp3) is 0.0667. The van der Waals surface area contributed by atoms with E-state index >= 15 is 0 Å². The first-order valence-electron chi connectivity index (χ1n) is 6.05. The Morgan fingerprint density at radius 3 is 2.05 bits per heavy atom. The van der Waals surface area contributed by atoms with Crippen molar-refractivity contribution in [3.8, 4) is 22.6 Å². The predicted molar refractivity (Wildman–Crippen MR) is 73.1 cm³/mol. The molecule has 0 amide bonds. The van der Waals surface area contributed by atoms with E-state index in [4.69, 9.17) is 10.2 Å². The molecule has 3 rings (SSSR count). The van der Waals surface area contributed by atoms with Crippen molar-refractivity contribution in [3.63, 3.8) is 0 Å². The molecule has 0 atom stereocenters. The maximum atomic E-state index is 5.45. The number of aromatic nitrogens is 2. The number of rotatable bonds is 3. The number of hydrogen-bond donors (Lipinski definition) is 1. The minimum Gasteiger partial charge on any atom is -0.419 e. The fourth-order valence-electron chi connectivity index (χ4n) is 1.89. The van der Waals surface area contributed by atoms with Gasteiger partial charge in [-0.15, -0.1) is 10.2 Å². The zero-order valence-electron chi connectivity index (χ0n) is 10.3. The van der Waals surface area contributed by atoms with Crippen molar-refractivity contribution in [1.29, 1.82) is 0 Å². The molecule has 0 aliphatic heterocycles. The van der Waals surface area contributed by atoms with E-state index < -0.39 is 0 Å². The van der Waals surface area contributed by atoms with Crippen LogP contribution in [0.15, 0.2) is 59.0 Å². The molecule has 3 aromatic rings. The Labute approximate surface area is 110 Å². The molecule has 19 heavy (non-hydrogen) atoms. The summed E-state index contributed by atoms with van der Waals surface area (Å²) in [6, 6.07) is 18.2. The molecule has 4 heteroatoms. The van der Waals surface area contributed by atoms with Gasteiger partial charge in [-0.2, -0.15) is 0 Å². The van der Waals surface area contributed by atoms with Gasteiger partial charge < -0.3 is 10.2 Å². The molecule has 1 heterocycles. The molecule has 0 saturated heterocycles. The Kier molecular flexibility index (Phi) is 3.08. The summed E-state index contributed by atoms with van der Waals surface area (Å²) in [6.45, 7) is 0.259. The van der Waals surface area contributed by atoms with Crippen molar-refractivity contribution >= 4 is 0 Å². The Morgan fingerprint density at radius 1 is 0.789 bits per heavy atom. The molecule has 0 aliphatic carbocycles. The van der Waals surface area contributed by atoms with Gasteiger partial charge in [-0.1, -0.05) is 42.5 Å². The van der Waals surface area contributed by atoms with E-state index in [-0.39, 0.29) is 6.54 Å². The summed E-state index contributed by atoms with van der Waals surface area (Å²) >= 11 is 0. The van der Waals surface area contributed by atoms with E-state index in [1.165, 1.54) is 5.56 Å². The van der Waals surface area contributed by atoms with E-state index in [2.05, 4.69) is 22.3 Å². The van der Waals surface area contributed by atoms with Crippen LogP contribution < -0.4 is 5.73 Å². The van der Waals surface area contributed by atoms with Crippen LogP contribution in [-0.2, 0) is 6.54 Å². The van der Waals surface area contributed by atoms with Gasteiger partial charge in [0.25, 0.3) is 0 Å². The van der Waals surface area contributed by atoms with Gasteiger partial charge >= 0.3 is 0 Å². The molecular formula is C15H13N3O. The summed E-state index contributed by atoms with van der Waals surface area (Å²) < 4.78 is 5.42. The monoisotopic (exact) mass is 251 g/mol. The lowest BCUT2D eigenvalue weighted by Crippen LogP contribution is -1.95. The van der Waals surface area contributed by atoms with Crippen LogP contribution in [0.5, 0.6) is 0 Å². The lowest BCUT2D eigenvalue weighted by Gasteiger charge is -2.01. The number of benzene rings is 2. The molecule has 0 aliphatic rings. The van der Waals surface area contributed by atoms with Gasteiger partial charge in [0.05, 0.1) is 6.54 Å². The number of nitrogens with zero attached hydrogens (tertiary/aromatic N) is 2. The van der Waals surface area contributed by atoms with Crippen LogP contribution in [0.4, 0.5) is 0 Å². The zero-order chi connectivity index (χ0) is 13.1. The van der Waals surface area contributed by atoms with Crippen molar-refractivity contribution < 1.29 is 4.42 Å². The molecular weight excluding hydrogens is 238 g/mol. The van der Waals surface area contributed by atoms with Crippen molar-refractivity contribution in [2.45, 2.75) is 6.54 Å². The highest BCUT2D eigenvalue weighted by Crippen LogP contribution is 2.23. The van der Waals surface area contributed by atoms with E-state index in [9.17, 15) is 0 Å². The molecule has 0 radical (unpaired) electrons. The van der Waals surface area contributed by atoms with Crippen molar-refractivity contribution in [2.75, 3.05) is 0 Å². The summed E-state index contributed by atoms with van der Waals surface area (Å²) in [5.41, 5.74) is 8.68. The molecule has 94 valence electrons. The normalized spacial score (nSPS) is 10.6. The van der Waals surface area contributed by atoms with Crippen LogP contribution in [0, 0.1) is 0 Å². The molecule has 0 saturated carbocycles. The van der Waals surface area contributed by atoms with Gasteiger partial charge in [0.15, 0.2) is 0 Å². The summed E-state index contributed by atoms with van der Waals surface area (Å²) in [6.07, 6.45) is 0. The molecule has 0 fully saturated rings. The average Bonchev–Trinajstić information content (AvgIpc) is 2.97. The van der Waals surface area contributed by atoms with Gasteiger partial charge in [0.2, 0.25) is 11.8 Å². The maximum absolute atomic E-state index is 5.45. The van der Waals surface area contributed by atoms with Gasteiger partial charge in [-0.3, -0.25) is 0 Å². The van der Waals surface area contributed by atoms with Gasteiger partial charge in [-0.25, -0.2) is 0 Å². The Balaban J connectivity index is 1.90. The highest BCUT2D eigenvalue weighted by Gasteiger charge is 2.07. The first-order valence-corrected chi connectivity index (χ1v) is 6.05. The van der Waals surface area contributed by atoms with Crippen LogP contribution in [0.2, 0.25) is 0 Å². The van der Waals surface area contributed by atoms with Crippen LogP contribution >= 0.6 is 0 Å². The van der Waals surface area contributed by atoms with Crippen LogP contribution in [0.1, 0.15) is 5.89 Å². The van der Waals surface area contributed by atoms with E-state index in [0.29, 0.717) is 11.8 Å². The molecule has 0 bridgehead atoms. The molecule has 0 unspecified atom stereocenters. The van der Waals surface area contributed by atoms with Crippen LogP contribution in [-0.4, -0.2) is 10.2 Å². The van der Waals surface area contributed by atoms with E-state index in [1.54, 1.807) is 0 Å². The largest absolute Gasteiger partial charge is 0.419 e. The first-order chi connectivity index (χ1) is 9.36. The van der Waals surface area contributed by atoms with Gasteiger partial charge in [0.1, 0.15) is 0 Å². The second-order valence-corrected chi connectivity index (χ2v) is 4.15. The molecule has 2 N–H and O–H groups in total. The standard InChI is InChI=1S/C15H13N3O/c16-10-14-17-18-15(19-14)13-8-6-12(7-9-13)11-4-2-1-3-5-11/h1-9H,10,16H2. The maximum Gasteiger partial charge on any atom is 0.247 e.